The summed E-state index contributed by atoms with van der Waals surface area (Å²) in [4.78, 5) is 22.4. The van der Waals surface area contributed by atoms with Crippen LogP contribution in [-0.4, -0.2) is 34.2 Å². The molecule has 1 aromatic heterocycles. The molecule has 0 spiro atoms. The Morgan fingerprint density at radius 2 is 2.27 bits per heavy atom. The first kappa shape index (κ1) is 16.7. The Labute approximate surface area is 133 Å². The van der Waals surface area contributed by atoms with Crippen molar-refractivity contribution in [1.29, 1.82) is 0 Å². The number of carbonyl (C=O) groups excluding carboxylic acids is 1. The molecular formula is C16H20O5S. The van der Waals surface area contributed by atoms with Crippen molar-refractivity contribution >= 4 is 23.1 Å². The van der Waals surface area contributed by atoms with Gasteiger partial charge in [-0.3, -0.25) is 9.59 Å². The summed E-state index contributed by atoms with van der Waals surface area (Å²) in [7, 11) is 0. The number of ketones is 1. The van der Waals surface area contributed by atoms with Gasteiger partial charge < -0.3 is 14.9 Å². The van der Waals surface area contributed by atoms with E-state index >= 15 is 0 Å². The Kier molecular flexibility index (Phi) is 6.15. The molecule has 2 atom stereocenters. The van der Waals surface area contributed by atoms with Gasteiger partial charge in [-0.1, -0.05) is 0 Å². The molecule has 1 heterocycles. The van der Waals surface area contributed by atoms with Crippen molar-refractivity contribution in [2.45, 2.75) is 50.7 Å². The van der Waals surface area contributed by atoms with E-state index in [-0.39, 0.29) is 24.7 Å². The van der Waals surface area contributed by atoms with E-state index in [0.29, 0.717) is 18.4 Å². The van der Waals surface area contributed by atoms with Gasteiger partial charge in [-0.2, -0.15) is 0 Å². The zero-order valence-electron chi connectivity index (χ0n) is 12.2. The Morgan fingerprint density at radius 3 is 2.86 bits per heavy atom. The predicted octanol–water partition coefficient (Wildman–Crippen LogP) is 2.79. The summed E-state index contributed by atoms with van der Waals surface area (Å²) in [6.45, 7) is 0. The lowest BCUT2D eigenvalue weighted by Crippen LogP contribution is -2.20. The van der Waals surface area contributed by atoms with E-state index in [1.165, 1.54) is 11.3 Å². The molecule has 2 unspecified atom stereocenters. The van der Waals surface area contributed by atoms with E-state index in [1.807, 2.05) is 17.5 Å². The monoisotopic (exact) mass is 324 g/mol. The van der Waals surface area contributed by atoms with E-state index in [2.05, 4.69) is 0 Å². The highest BCUT2D eigenvalue weighted by Crippen LogP contribution is 2.24. The van der Waals surface area contributed by atoms with Gasteiger partial charge in [-0.15, -0.1) is 11.3 Å². The van der Waals surface area contributed by atoms with E-state index in [1.54, 1.807) is 6.08 Å². The number of carboxylic acid groups (broad SMARTS) is 1. The van der Waals surface area contributed by atoms with E-state index in [9.17, 15) is 14.7 Å². The van der Waals surface area contributed by atoms with E-state index in [0.717, 1.165) is 17.9 Å². The second-order valence-electron chi connectivity index (χ2n) is 5.40. The summed E-state index contributed by atoms with van der Waals surface area (Å²) in [5, 5.41) is 20.9. The second kappa shape index (κ2) is 8.10. The van der Waals surface area contributed by atoms with Gasteiger partial charge in [-0.05, 0) is 54.8 Å². The van der Waals surface area contributed by atoms with Crippen molar-refractivity contribution in [1.82, 2.24) is 0 Å². The smallest absolute Gasteiger partial charge is 0.307 e. The van der Waals surface area contributed by atoms with Crippen LogP contribution in [0.15, 0.2) is 29.2 Å². The molecular weight excluding hydrogens is 304 g/mol. The minimum atomic E-state index is -0.877. The average molecular weight is 324 g/mol. The third-order valence-corrected chi connectivity index (χ3v) is 4.31. The molecule has 6 heteroatoms. The number of allylic oxidation sites excluding steroid dienone is 1. The number of ether oxygens (including phenoxy) is 1. The maximum Gasteiger partial charge on any atom is 0.307 e. The summed E-state index contributed by atoms with van der Waals surface area (Å²) < 4.78 is 5.69. The Morgan fingerprint density at radius 1 is 1.45 bits per heavy atom. The molecule has 0 aliphatic heterocycles. The highest BCUT2D eigenvalue weighted by atomic mass is 32.1. The fourth-order valence-electron chi connectivity index (χ4n) is 2.51. The quantitative estimate of drug-likeness (QED) is 0.682. The standard InChI is InChI=1S/C16H20O5S/c17-12-8-11(14(18)9-12)4-1-2-5-13(10-15(19)20)21-16-6-3-7-22-16/h3,6-8,12-13,17H,1-2,4-5,9-10H2,(H,19,20). The molecule has 0 amide bonds. The minimum Gasteiger partial charge on any atom is -0.481 e. The molecule has 22 heavy (non-hydrogen) atoms. The fraction of sp³-hybridized carbons (Fsp3) is 0.500. The summed E-state index contributed by atoms with van der Waals surface area (Å²) in [5.41, 5.74) is 0.696. The number of carboxylic acids is 1. The molecule has 0 radical (unpaired) electrons. The van der Waals surface area contributed by atoms with Crippen LogP contribution in [0, 0.1) is 0 Å². The molecule has 2 N–H and O–H groups in total. The van der Waals surface area contributed by atoms with Crippen LogP contribution in [0.5, 0.6) is 5.06 Å². The van der Waals surface area contributed by atoms with Crippen LogP contribution in [-0.2, 0) is 9.59 Å². The van der Waals surface area contributed by atoms with Gasteiger partial charge in [0.15, 0.2) is 10.8 Å². The lowest BCUT2D eigenvalue weighted by molar-refractivity contribution is -0.138. The second-order valence-corrected chi connectivity index (χ2v) is 6.31. The summed E-state index contributed by atoms with van der Waals surface area (Å²) in [6, 6.07) is 3.68. The zero-order valence-corrected chi connectivity index (χ0v) is 13.1. The van der Waals surface area contributed by atoms with Gasteiger partial charge in [0.05, 0.1) is 12.5 Å². The number of aliphatic hydroxyl groups is 1. The molecule has 120 valence electrons. The fourth-order valence-corrected chi connectivity index (χ4v) is 3.15. The largest absolute Gasteiger partial charge is 0.481 e. The highest BCUT2D eigenvalue weighted by molar-refractivity contribution is 7.11. The predicted molar refractivity (Wildman–Crippen MR) is 83.2 cm³/mol. The van der Waals surface area contributed by atoms with Crippen molar-refractivity contribution in [3.8, 4) is 5.06 Å². The number of thiophene rings is 1. The first-order chi connectivity index (χ1) is 10.5. The topological polar surface area (TPSA) is 83.8 Å². The first-order valence-corrected chi connectivity index (χ1v) is 8.26. The van der Waals surface area contributed by atoms with E-state index in [4.69, 9.17) is 9.84 Å². The van der Waals surface area contributed by atoms with Crippen LogP contribution in [0.1, 0.15) is 38.5 Å². The number of aliphatic carboxylic acids is 1. The normalized spacial score (nSPS) is 19.0. The third kappa shape index (κ3) is 5.27. The number of Topliss-reactive ketones (excluding diaryl/α,β-unsaturated/α-hetero) is 1. The molecule has 1 aromatic rings. The van der Waals surface area contributed by atoms with Gasteiger partial charge in [0.25, 0.3) is 0 Å². The Hall–Kier alpha value is -1.66. The van der Waals surface area contributed by atoms with Crippen molar-refractivity contribution in [2.24, 2.45) is 0 Å². The summed E-state index contributed by atoms with van der Waals surface area (Å²) in [5.74, 6) is -0.859. The lowest BCUT2D eigenvalue weighted by atomic mass is 10.0. The number of hydrogen-bond acceptors (Lipinski definition) is 5. The van der Waals surface area contributed by atoms with E-state index < -0.39 is 12.1 Å². The molecule has 0 saturated heterocycles. The van der Waals surface area contributed by atoms with Gasteiger partial charge in [0, 0.05) is 6.42 Å². The maximum atomic E-state index is 11.5. The number of aliphatic hydroxyl groups excluding tert-OH is 1. The molecule has 2 rings (SSSR count). The van der Waals surface area contributed by atoms with Crippen molar-refractivity contribution < 1.29 is 24.5 Å². The molecule has 5 nitrogen and oxygen atoms in total. The molecule has 0 fully saturated rings. The molecule has 0 saturated carbocycles. The number of rotatable bonds is 9. The van der Waals surface area contributed by atoms with Crippen LogP contribution < -0.4 is 4.74 Å². The first-order valence-electron chi connectivity index (χ1n) is 7.38. The number of unbranched alkanes of at least 4 members (excludes halogenated alkanes) is 1. The van der Waals surface area contributed by atoms with Gasteiger partial charge in [0.2, 0.25) is 0 Å². The third-order valence-electron chi connectivity index (χ3n) is 3.55. The van der Waals surface area contributed by atoms with Crippen molar-refractivity contribution in [3.63, 3.8) is 0 Å². The molecule has 1 aliphatic carbocycles. The van der Waals surface area contributed by atoms with Crippen molar-refractivity contribution in [2.75, 3.05) is 0 Å². The van der Waals surface area contributed by atoms with Crippen LogP contribution in [0.2, 0.25) is 0 Å². The zero-order chi connectivity index (χ0) is 15.9. The van der Waals surface area contributed by atoms with Gasteiger partial charge in [0.1, 0.15) is 6.10 Å². The number of carbonyl (C=O) groups is 2. The summed E-state index contributed by atoms with van der Waals surface area (Å²) in [6.07, 6.45) is 3.64. The SMILES string of the molecule is O=C(O)CC(CCCCC1=CC(O)CC1=O)Oc1cccs1. The van der Waals surface area contributed by atoms with Crippen LogP contribution in [0.25, 0.3) is 0 Å². The van der Waals surface area contributed by atoms with Gasteiger partial charge >= 0.3 is 5.97 Å². The minimum absolute atomic E-state index is 0.0180. The van der Waals surface area contributed by atoms with Crippen LogP contribution in [0.4, 0.5) is 0 Å². The summed E-state index contributed by atoms with van der Waals surface area (Å²) >= 11 is 1.44. The van der Waals surface area contributed by atoms with Crippen molar-refractivity contribution in [3.05, 3.63) is 29.2 Å². The van der Waals surface area contributed by atoms with Gasteiger partial charge in [-0.25, -0.2) is 0 Å². The molecule has 0 bridgehead atoms. The van der Waals surface area contributed by atoms with Crippen LogP contribution >= 0.6 is 11.3 Å². The Bertz CT molecular complexity index is 535. The lowest BCUT2D eigenvalue weighted by Gasteiger charge is -2.16. The number of hydrogen-bond donors (Lipinski definition) is 2. The average Bonchev–Trinajstić information content (AvgIpc) is 3.04. The molecule has 0 aromatic carbocycles. The van der Waals surface area contributed by atoms with Crippen LogP contribution in [0.3, 0.4) is 0 Å². The highest BCUT2D eigenvalue weighted by Gasteiger charge is 2.22. The Balaban J connectivity index is 1.75. The maximum absolute atomic E-state index is 11.5. The molecule has 1 aliphatic rings.